The van der Waals surface area contributed by atoms with Gasteiger partial charge in [0.05, 0.1) is 5.56 Å². The van der Waals surface area contributed by atoms with Crippen molar-refractivity contribution in [3.63, 3.8) is 0 Å². The second kappa shape index (κ2) is 11.4. The molecule has 0 radical (unpaired) electrons. The van der Waals surface area contributed by atoms with E-state index in [4.69, 9.17) is 5.11 Å². The number of nitrogens with zero attached hydrogens (tertiary/aromatic N) is 1. The summed E-state index contributed by atoms with van der Waals surface area (Å²) in [7, 11) is 0. The maximum absolute atomic E-state index is 13.4. The van der Waals surface area contributed by atoms with E-state index >= 15 is 0 Å². The molecule has 2 rings (SSSR count). The second-order valence-electron chi connectivity index (χ2n) is 7.89. The topological polar surface area (TPSA) is 90.5 Å². The minimum atomic E-state index is -4.92. The molecule has 34 heavy (non-hydrogen) atoms. The number of halogens is 6. The van der Waals surface area contributed by atoms with Gasteiger partial charge in [0.1, 0.15) is 6.54 Å². The van der Waals surface area contributed by atoms with Crippen LogP contribution in [0.3, 0.4) is 0 Å². The number of rotatable bonds is 11. The number of benzene rings is 1. The number of anilines is 1. The van der Waals surface area contributed by atoms with Gasteiger partial charge in [-0.25, -0.2) is 0 Å². The van der Waals surface area contributed by atoms with E-state index in [9.17, 15) is 40.7 Å². The van der Waals surface area contributed by atoms with Crippen LogP contribution >= 0.6 is 0 Å². The number of carboxylic acid groups (broad SMARTS) is 1. The summed E-state index contributed by atoms with van der Waals surface area (Å²) in [5.41, 5.74) is -2.90. The van der Waals surface area contributed by atoms with Gasteiger partial charge in [-0.2, -0.15) is 26.3 Å². The lowest BCUT2D eigenvalue weighted by Crippen LogP contribution is -2.39. The second-order valence-corrected chi connectivity index (χ2v) is 7.89. The molecule has 1 amide bonds. The Morgan fingerprint density at radius 3 is 2.03 bits per heavy atom. The van der Waals surface area contributed by atoms with Crippen molar-refractivity contribution in [2.45, 2.75) is 63.7 Å². The molecule has 1 aromatic heterocycles. The summed E-state index contributed by atoms with van der Waals surface area (Å²) in [6, 6.07) is 3.23. The normalized spacial score (nSPS) is 12.2. The fourth-order valence-electron chi connectivity index (χ4n) is 3.54. The Morgan fingerprint density at radius 1 is 0.882 bits per heavy atom. The number of pyridine rings is 1. The van der Waals surface area contributed by atoms with Crippen molar-refractivity contribution in [1.29, 1.82) is 0 Å². The summed E-state index contributed by atoms with van der Waals surface area (Å²) in [6.45, 7) is -1.67. The fraction of sp³-hybridized carbons (Fsp3) is 0.500. The summed E-state index contributed by atoms with van der Waals surface area (Å²) in [4.78, 5) is 37.2. The molecule has 0 aliphatic heterocycles. The Labute approximate surface area is 190 Å². The highest BCUT2D eigenvalue weighted by Gasteiger charge is 2.36. The van der Waals surface area contributed by atoms with E-state index in [2.05, 4.69) is 4.98 Å². The van der Waals surface area contributed by atoms with Crippen molar-refractivity contribution in [2.24, 2.45) is 0 Å². The van der Waals surface area contributed by atoms with Crippen LogP contribution in [0.25, 0.3) is 10.9 Å². The molecular formula is C22H24F6N2O4. The lowest BCUT2D eigenvalue weighted by Gasteiger charge is -2.25. The van der Waals surface area contributed by atoms with Gasteiger partial charge in [-0.15, -0.1) is 0 Å². The van der Waals surface area contributed by atoms with Crippen molar-refractivity contribution in [1.82, 2.24) is 4.98 Å². The lowest BCUT2D eigenvalue weighted by atomic mass is 10.1. The first kappa shape index (κ1) is 27.2. The number of aromatic amines is 1. The molecule has 0 aliphatic carbocycles. The number of hydrogen-bond donors (Lipinski definition) is 2. The molecule has 0 atom stereocenters. The number of amides is 1. The van der Waals surface area contributed by atoms with Gasteiger partial charge >= 0.3 is 18.3 Å². The first-order valence-electron chi connectivity index (χ1n) is 10.6. The minimum Gasteiger partial charge on any atom is -0.481 e. The summed E-state index contributed by atoms with van der Waals surface area (Å²) in [5, 5.41) is 8.05. The van der Waals surface area contributed by atoms with Gasteiger partial charge in [-0.05, 0) is 31.0 Å². The number of carboxylic acids is 1. The zero-order valence-corrected chi connectivity index (χ0v) is 18.1. The van der Waals surface area contributed by atoms with Gasteiger partial charge in [-0.1, -0.05) is 25.7 Å². The van der Waals surface area contributed by atoms with Crippen molar-refractivity contribution in [3.05, 3.63) is 40.2 Å². The van der Waals surface area contributed by atoms with Gasteiger partial charge in [0.15, 0.2) is 0 Å². The van der Waals surface area contributed by atoms with Crippen LogP contribution in [-0.4, -0.2) is 34.7 Å². The minimum absolute atomic E-state index is 0.0561. The Kier molecular flexibility index (Phi) is 9.11. The summed E-state index contributed by atoms with van der Waals surface area (Å²) >= 11 is 0. The molecule has 0 saturated heterocycles. The molecule has 0 aliphatic rings. The Bertz CT molecular complexity index is 1060. The van der Waals surface area contributed by atoms with E-state index in [0.29, 0.717) is 36.6 Å². The summed E-state index contributed by atoms with van der Waals surface area (Å²) < 4.78 is 79.5. The molecular weight excluding hydrogens is 470 g/mol. The number of hydrogen-bond acceptors (Lipinski definition) is 3. The van der Waals surface area contributed by atoms with Gasteiger partial charge in [0.2, 0.25) is 11.5 Å². The third-order valence-corrected chi connectivity index (χ3v) is 5.11. The van der Waals surface area contributed by atoms with Gasteiger partial charge in [0, 0.05) is 35.5 Å². The first-order chi connectivity index (χ1) is 15.8. The molecule has 0 unspecified atom stereocenters. The number of aliphatic carboxylic acids is 1. The van der Waals surface area contributed by atoms with Crippen LogP contribution < -0.4 is 10.5 Å². The van der Waals surface area contributed by atoms with Gasteiger partial charge in [-0.3, -0.25) is 14.4 Å². The average Bonchev–Trinajstić information content (AvgIpc) is 2.71. The molecule has 0 fully saturated rings. The highest BCUT2D eigenvalue weighted by atomic mass is 19.4. The highest BCUT2D eigenvalue weighted by Crippen LogP contribution is 2.35. The van der Waals surface area contributed by atoms with E-state index in [1.54, 1.807) is 0 Å². The maximum Gasteiger partial charge on any atom is 0.417 e. The predicted molar refractivity (Wildman–Crippen MR) is 113 cm³/mol. The largest absolute Gasteiger partial charge is 0.481 e. The van der Waals surface area contributed by atoms with Gasteiger partial charge in [0.25, 0.3) is 0 Å². The summed E-state index contributed by atoms with van der Waals surface area (Å²) in [6.07, 6.45) is -6.48. The third kappa shape index (κ3) is 8.38. The lowest BCUT2D eigenvalue weighted by molar-refractivity contribution is -0.137. The van der Waals surface area contributed by atoms with E-state index in [0.717, 1.165) is 24.6 Å². The molecule has 188 valence electrons. The molecule has 1 heterocycles. The number of aromatic nitrogens is 1. The zero-order chi connectivity index (χ0) is 25.5. The summed E-state index contributed by atoms with van der Waals surface area (Å²) in [5.74, 6) is -1.78. The van der Waals surface area contributed by atoms with Crippen LogP contribution in [0.1, 0.15) is 56.9 Å². The standard InChI is InChI=1S/C22H24F6N2O4/c23-21(24,25)13-30(19(32)7-5-3-1-2-4-6-8-20(33)34)14-9-10-17-15(11-14)16(22(26,27)28)12-18(31)29-17/h9-12H,1-8,13H2,(H,29,31)(H,33,34). The first-order valence-corrected chi connectivity index (χ1v) is 10.6. The van der Waals surface area contributed by atoms with Crippen molar-refractivity contribution >= 4 is 28.5 Å². The van der Waals surface area contributed by atoms with E-state index in [-0.39, 0.29) is 30.5 Å². The van der Waals surface area contributed by atoms with Crippen LogP contribution in [-0.2, 0) is 15.8 Å². The zero-order valence-electron chi connectivity index (χ0n) is 18.1. The Morgan fingerprint density at radius 2 is 1.47 bits per heavy atom. The molecule has 2 aromatic rings. The SMILES string of the molecule is O=C(O)CCCCCCCCC(=O)N(CC(F)(F)F)c1ccc2[nH]c(=O)cc(C(F)(F)F)c2c1. The number of alkyl halides is 6. The van der Waals surface area contributed by atoms with Crippen molar-refractivity contribution in [2.75, 3.05) is 11.4 Å². The number of fused-ring (bicyclic) bond motifs is 1. The number of carbonyl (C=O) groups is 2. The Hall–Kier alpha value is -3.05. The Balaban J connectivity index is 2.16. The van der Waals surface area contributed by atoms with Crippen molar-refractivity contribution in [3.8, 4) is 0 Å². The molecule has 12 heteroatoms. The van der Waals surface area contributed by atoms with E-state index < -0.39 is 47.3 Å². The van der Waals surface area contributed by atoms with Gasteiger partial charge < -0.3 is 15.0 Å². The highest BCUT2D eigenvalue weighted by molar-refractivity contribution is 5.96. The molecule has 0 saturated carbocycles. The monoisotopic (exact) mass is 494 g/mol. The number of H-pyrrole nitrogens is 1. The van der Waals surface area contributed by atoms with E-state index in [1.807, 2.05) is 0 Å². The molecule has 1 aromatic carbocycles. The molecule has 6 nitrogen and oxygen atoms in total. The third-order valence-electron chi connectivity index (χ3n) is 5.11. The number of unbranched alkanes of at least 4 members (excludes halogenated alkanes) is 5. The van der Waals surface area contributed by atoms with Crippen molar-refractivity contribution < 1.29 is 41.0 Å². The van der Waals surface area contributed by atoms with E-state index in [1.165, 1.54) is 0 Å². The molecule has 0 bridgehead atoms. The fourth-order valence-corrected chi connectivity index (χ4v) is 3.54. The van der Waals surface area contributed by atoms with Crippen LogP contribution in [0, 0.1) is 0 Å². The molecule has 0 spiro atoms. The number of nitrogens with one attached hydrogen (secondary N) is 1. The smallest absolute Gasteiger partial charge is 0.417 e. The van der Waals surface area contributed by atoms with Crippen LogP contribution in [0.4, 0.5) is 32.0 Å². The number of carbonyl (C=O) groups excluding carboxylic acids is 1. The quantitative estimate of drug-likeness (QED) is 0.312. The van der Waals surface area contributed by atoms with Crippen LogP contribution in [0.2, 0.25) is 0 Å². The molecule has 2 N–H and O–H groups in total. The van der Waals surface area contributed by atoms with Crippen LogP contribution in [0.5, 0.6) is 0 Å². The van der Waals surface area contributed by atoms with Crippen LogP contribution in [0.15, 0.2) is 29.1 Å². The predicted octanol–water partition coefficient (Wildman–Crippen LogP) is 5.65. The average molecular weight is 494 g/mol. The maximum atomic E-state index is 13.4.